The summed E-state index contributed by atoms with van der Waals surface area (Å²) in [5.74, 6) is 0.347. The van der Waals surface area contributed by atoms with Crippen LogP contribution in [-0.4, -0.2) is 25.0 Å². The smallest absolute Gasteiger partial charge is 0.244 e. The second-order valence-electron chi connectivity index (χ2n) is 5.47. The average Bonchev–Trinajstić information content (AvgIpc) is 3.02. The van der Waals surface area contributed by atoms with E-state index in [1.807, 2.05) is 26.0 Å². The zero-order valence-corrected chi connectivity index (χ0v) is 16.1. The molecule has 8 heteroatoms. The Hall–Kier alpha value is -2.29. The van der Waals surface area contributed by atoms with Crippen LogP contribution in [0.25, 0.3) is 10.6 Å². The lowest BCUT2D eigenvalue weighted by Gasteiger charge is -2.11. The SMILES string of the molecule is CCOc1ccccc1S(=O)(=O)NCc1sc(-c2cccnc2)nc1C. The fourth-order valence-electron chi connectivity index (χ4n) is 2.39. The Kier molecular flexibility index (Phi) is 5.65. The van der Waals surface area contributed by atoms with E-state index in [2.05, 4.69) is 14.7 Å². The molecule has 2 heterocycles. The zero-order chi connectivity index (χ0) is 18.6. The van der Waals surface area contributed by atoms with Gasteiger partial charge in [0.05, 0.1) is 12.3 Å². The predicted octanol–water partition coefficient (Wildman–Crippen LogP) is 3.39. The first-order chi connectivity index (χ1) is 12.5. The molecule has 136 valence electrons. The van der Waals surface area contributed by atoms with Gasteiger partial charge in [0.15, 0.2) is 0 Å². The van der Waals surface area contributed by atoms with Crippen molar-refractivity contribution < 1.29 is 13.2 Å². The number of sulfonamides is 1. The normalized spacial score (nSPS) is 11.5. The zero-order valence-electron chi connectivity index (χ0n) is 14.5. The molecule has 0 aliphatic heterocycles. The van der Waals surface area contributed by atoms with Crippen LogP contribution >= 0.6 is 11.3 Å². The number of hydrogen-bond donors (Lipinski definition) is 1. The van der Waals surface area contributed by atoms with Crippen molar-refractivity contribution in [3.8, 4) is 16.3 Å². The largest absolute Gasteiger partial charge is 0.492 e. The van der Waals surface area contributed by atoms with E-state index < -0.39 is 10.0 Å². The number of hydrogen-bond acceptors (Lipinski definition) is 6. The van der Waals surface area contributed by atoms with Crippen LogP contribution in [0.5, 0.6) is 5.75 Å². The van der Waals surface area contributed by atoms with Gasteiger partial charge in [0.1, 0.15) is 15.7 Å². The summed E-state index contributed by atoms with van der Waals surface area (Å²) < 4.78 is 33.4. The molecule has 0 aliphatic carbocycles. The summed E-state index contributed by atoms with van der Waals surface area (Å²) in [6.45, 7) is 4.26. The van der Waals surface area contributed by atoms with E-state index in [0.29, 0.717) is 12.4 Å². The van der Waals surface area contributed by atoms with Gasteiger partial charge in [-0.2, -0.15) is 0 Å². The van der Waals surface area contributed by atoms with Crippen LogP contribution in [0.4, 0.5) is 0 Å². The molecule has 2 aromatic heterocycles. The maximum atomic E-state index is 12.7. The third-order valence-electron chi connectivity index (χ3n) is 3.66. The van der Waals surface area contributed by atoms with E-state index in [1.54, 1.807) is 30.6 Å². The molecular weight excluding hydrogens is 370 g/mol. The molecule has 3 aromatic rings. The lowest BCUT2D eigenvalue weighted by Crippen LogP contribution is -2.23. The summed E-state index contributed by atoms with van der Waals surface area (Å²) >= 11 is 1.45. The number of benzene rings is 1. The number of pyridine rings is 1. The molecule has 26 heavy (non-hydrogen) atoms. The van der Waals surface area contributed by atoms with Crippen molar-refractivity contribution in [2.24, 2.45) is 0 Å². The van der Waals surface area contributed by atoms with Crippen LogP contribution < -0.4 is 9.46 Å². The monoisotopic (exact) mass is 389 g/mol. The molecule has 0 saturated heterocycles. The van der Waals surface area contributed by atoms with Crippen molar-refractivity contribution >= 4 is 21.4 Å². The number of ether oxygens (including phenoxy) is 1. The molecule has 0 atom stereocenters. The van der Waals surface area contributed by atoms with Gasteiger partial charge in [0, 0.05) is 29.4 Å². The highest BCUT2D eigenvalue weighted by molar-refractivity contribution is 7.89. The summed E-state index contributed by atoms with van der Waals surface area (Å²) in [6, 6.07) is 10.4. The van der Waals surface area contributed by atoms with Crippen LogP contribution in [0.1, 0.15) is 17.5 Å². The second kappa shape index (κ2) is 7.94. The molecule has 0 bridgehead atoms. The predicted molar refractivity (Wildman–Crippen MR) is 102 cm³/mol. The van der Waals surface area contributed by atoms with Gasteiger partial charge in [-0.05, 0) is 38.1 Å². The van der Waals surface area contributed by atoms with Crippen LogP contribution in [0.3, 0.4) is 0 Å². The van der Waals surface area contributed by atoms with E-state index in [9.17, 15) is 8.42 Å². The molecular formula is C18H19N3O3S2. The Labute approximate surface area is 157 Å². The Morgan fingerprint density at radius 2 is 2.00 bits per heavy atom. The van der Waals surface area contributed by atoms with Gasteiger partial charge in [0.2, 0.25) is 10.0 Å². The summed E-state index contributed by atoms with van der Waals surface area (Å²) in [4.78, 5) is 9.61. The lowest BCUT2D eigenvalue weighted by molar-refractivity contribution is 0.331. The highest BCUT2D eigenvalue weighted by Gasteiger charge is 2.20. The third-order valence-corrected chi connectivity index (χ3v) is 6.31. The minimum absolute atomic E-state index is 0.136. The number of aryl methyl sites for hydroxylation is 1. The number of aromatic nitrogens is 2. The minimum Gasteiger partial charge on any atom is -0.492 e. The van der Waals surface area contributed by atoms with Gasteiger partial charge >= 0.3 is 0 Å². The van der Waals surface area contributed by atoms with Gasteiger partial charge in [-0.25, -0.2) is 18.1 Å². The summed E-state index contributed by atoms with van der Waals surface area (Å²) in [6.07, 6.45) is 3.44. The quantitative estimate of drug-likeness (QED) is 0.670. The Bertz CT molecular complexity index is 986. The fraction of sp³-hybridized carbons (Fsp3) is 0.222. The van der Waals surface area contributed by atoms with Crippen molar-refractivity contribution in [3.05, 3.63) is 59.4 Å². The molecule has 0 unspecified atom stereocenters. The Balaban J connectivity index is 1.80. The number of thiazole rings is 1. The van der Waals surface area contributed by atoms with Crippen molar-refractivity contribution in [2.45, 2.75) is 25.3 Å². The first-order valence-electron chi connectivity index (χ1n) is 8.09. The van der Waals surface area contributed by atoms with Gasteiger partial charge in [0.25, 0.3) is 0 Å². The van der Waals surface area contributed by atoms with Crippen LogP contribution in [0.15, 0.2) is 53.7 Å². The highest BCUT2D eigenvalue weighted by Crippen LogP contribution is 2.28. The number of para-hydroxylation sites is 1. The summed E-state index contributed by atoms with van der Waals surface area (Å²) in [5, 5.41) is 0.819. The van der Waals surface area contributed by atoms with Crippen LogP contribution in [0, 0.1) is 6.92 Å². The third kappa shape index (κ3) is 4.09. The molecule has 6 nitrogen and oxygen atoms in total. The first kappa shape index (κ1) is 18.5. The first-order valence-corrected chi connectivity index (χ1v) is 10.4. The van der Waals surface area contributed by atoms with E-state index in [4.69, 9.17) is 4.74 Å². The number of nitrogens with one attached hydrogen (secondary N) is 1. The standard InChI is InChI=1S/C18H19N3O3S2/c1-3-24-15-8-4-5-9-17(15)26(22,23)20-12-16-13(2)21-18(25-16)14-7-6-10-19-11-14/h4-11,20H,3,12H2,1-2H3. The average molecular weight is 390 g/mol. The van der Waals surface area contributed by atoms with Crippen LogP contribution in [0.2, 0.25) is 0 Å². The maximum Gasteiger partial charge on any atom is 0.244 e. The minimum atomic E-state index is -3.69. The van der Waals surface area contributed by atoms with E-state index in [-0.39, 0.29) is 11.4 Å². The van der Waals surface area contributed by atoms with Crippen molar-refractivity contribution in [1.29, 1.82) is 0 Å². The van der Waals surface area contributed by atoms with E-state index in [1.165, 1.54) is 17.4 Å². The maximum absolute atomic E-state index is 12.7. The molecule has 1 N–H and O–H groups in total. The van der Waals surface area contributed by atoms with Gasteiger partial charge in [-0.1, -0.05) is 12.1 Å². The van der Waals surface area contributed by atoms with Crippen LogP contribution in [-0.2, 0) is 16.6 Å². The van der Waals surface area contributed by atoms with Crippen molar-refractivity contribution in [3.63, 3.8) is 0 Å². The Morgan fingerprint density at radius 3 is 2.73 bits per heavy atom. The molecule has 1 aromatic carbocycles. The van der Waals surface area contributed by atoms with E-state index >= 15 is 0 Å². The molecule has 0 radical (unpaired) electrons. The van der Waals surface area contributed by atoms with Gasteiger partial charge in [-0.3, -0.25) is 4.98 Å². The van der Waals surface area contributed by atoms with Gasteiger partial charge in [-0.15, -0.1) is 11.3 Å². The summed E-state index contributed by atoms with van der Waals surface area (Å²) in [5.41, 5.74) is 1.71. The second-order valence-corrected chi connectivity index (χ2v) is 8.29. The molecule has 0 fully saturated rings. The number of nitrogens with zero attached hydrogens (tertiary/aromatic N) is 2. The molecule has 0 aliphatic rings. The topological polar surface area (TPSA) is 81.2 Å². The Morgan fingerprint density at radius 1 is 1.19 bits per heavy atom. The lowest BCUT2D eigenvalue weighted by atomic mass is 10.3. The van der Waals surface area contributed by atoms with E-state index in [0.717, 1.165) is 21.1 Å². The summed E-state index contributed by atoms with van der Waals surface area (Å²) in [7, 11) is -3.69. The molecule has 0 saturated carbocycles. The number of rotatable bonds is 7. The van der Waals surface area contributed by atoms with Gasteiger partial charge < -0.3 is 4.74 Å². The van der Waals surface area contributed by atoms with Crippen molar-refractivity contribution in [2.75, 3.05) is 6.61 Å². The molecule has 0 amide bonds. The highest BCUT2D eigenvalue weighted by atomic mass is 32.2. The fourth-order valence-corrected chi connectivity index (χ4v) is 4.61. The molecule has 0 spiro atoms. The molecule has 3 rings (SSSR count). The van der Waals surface area contributed by atoms with Crippen molar-refractivity contribution in [1.82, 2.24) is 14.7 Å².